The minimum Gasteiger partial charge on any atom is -0.353 e. The van der Waals surface area contributed by atoms with E-state index in [-0.39, 0.29) is 11.7 Å². The number of piperazine rings is 1. The van der Waals surface area contributed by atoms with Crippen molar-refractivity contribution in [1.29, 1.82) is 0 Å². The molecule has 2 heterocycles. The third-order valence-electron chi connectivity index (χ3n) is 3.71. The molecule has 0 aliphatic carbocycles. The van der Waals surface area contributed by atoms with E-state index in [1.807, 2.05) is 18.2 Å². The van der Waals surface area contributed by atoms with Gasteiger partial charge >= 0.3 is 0 Å². The first-order valence-electron chi connectivity index (χ1n) is 7.05. The highest BCUT2D eigenvalue weighted by Crippen LogP contribution is 2.19. The van der Waals surface area contributed by atoms with Gasteiger partial charge in [-0.15, -0.1) is 0 Å². The Balaban J connectivity index is 1.66. The molecule has 1 aromatic heterocycles. The van der Waals surface area contributed by atoms with Crippen LogP contribution in [0.5, 0.6) is 0 Å². The third kappa shape index (κ3) is 3.11. The van der Waals surface area contributed by atoms with E-state index in [0.29, 0.717) is 23.1 Å². The van der Waals surface area contributed by atoms with Crippen molar-refractivity contribution in [2.24, 2.45) is 0 Å². The van der Waals surface area contributed by atoms with Crippen LogP contribution in [0.25, 0.3) is 0 Å². The van der Waals surface area contributed by atoms with Gasteiger partial charge in [-0.05, 0) is 46.3 Å². The zero-order valence-corrected chi connectivity index (χ0v) is 13.5. The first-order valence-corrected chi connectivity index (χ1v) is 7.85. The van der Waals surface area contributed by atoms with Gasteiger partial charge in [0.15, 0.2) is 0 Å². The van der Waals surface area contributed by atoms with E-state index in [1.54, 1.807) is 11.1 Å². The minimum atomic E-state index is -0.364. The Hall–Kier alpha value is -1.95. The van der Waals surface area contributed by atoms with Crippen molar-refractivity contribution in [2.75, 3.05) is 31.1 Å². The van der Waals surface area contributed by atoms with Gasteiger partial charge in [-0.25, -0.2) is 9.37 Å². The fourth-order valence-corrected chi connectivity index (χ4v) is 2.87. The van der Waals surface area contributed by atoms with Gasteiger partial charge in [-0.3, -0.25) is 4.79 Å². The minimum absolute atomic E-state index is 0.0682. The van der Waals surface area contributed by atoms with E-state index in [0.717, 1.165) is 18.9 Å². The molecule has 0 N–H and O–H groups in total. The summed E-state index contributed by atoms with van der Waals surface area (Å²) in [6, 6.07) is 10.2. The topological polar surface area (TPSA) is 36.4 Å². The molecule has 1 aromatic carbocycles. The number of nitrogens with zero attached hydrogens (tertiary/aromatic N) is 3. The van der Waals surface area contributed by atoms with Gasteiger partial charge in [0.05, 0.1) is 4.47 Å². The van der Waals surface area contributed by atoms with Crippen molar-refractivity contribution in [3.63, 3.8) is 0 Å². The fourth-order valence-electron chi connectivity index (χ4n) is 2.49. The maximum atomic E-state index is 13.3. The van der Waals surface area contributed by atoms with Gasteiger partial charge in [-0.2, -0.15) is 0 Å². The quantitative estimate of drug-likeness (QED) is 0.822. The van der Waals surface area contributed by atoms with Gasteiger partial charge < -0.3 is 9.80 Å². The summed E-state index contributed by atoms with van der Waals surface area (Å²) in [4.78, 5) is 20.7. The van der Waals surface area contributed by atoms with Crippen LogP contribution in [0.2, 0.25) is 0 Å². The van der Waals surface area contributed by atoms with E-state index >= 15 is 0 Å². The first-order chi connectivity index (χ1) is 10.6. The standard InChI is InChI=1S/C16H15BrFN3O/c17-13-11-12(4-5-14(13)18)16(22)21-9-7-20(8-10-21)15-3-1-2-6-19-15/h1-6,11H,7-10H2. The van der Waals surface area contributed by atoms with E-state index in [1.165, 1.54) is 18.2 Å². The van der Waals surface area contributed by atoms with Crippen molar-refractivity contribution in [3.8, 4) is 0 Å². The Morgan fingerprint density at radius 3 is 2.55 bits per heavy atom. The molecule has 3 rings (SSSR count). The Morgan fingerprint density at radius 2 is 1.91 bits per heavy atom. The number of pyridine rings is 1. The lowest BCUT2D eigenvalue weighted by atomic mass is 10.1. The number of halogens is 2. The van der Waals surface area contributed by atoms with Gasteiger partial charge in [-0.1, -0.05) is 6.07 Å². The molecule has 0 atom stereocenters. The molecule has 4 nitrogen and oxygen atoms in total. The molecule has 0 saturated carbocycles. The molecule has 0 unspecified atom stereocenters. The molecule has 1 aliphatic rings. The van der Waals surface area contributed by atoms with Crippen molar-refractivity contribution < 1.29 is 9.18 Å². The van der Waals surface area contributed by atoms with Crippen LogP contribution < -0.4 is 4.90 Å². The molecule has 22 heavy (non-hydrogen) atoms. The van der Waals surface area contributed by atoms with Crippen LogP contribution in [0, 0.1) is 5.82 Å². The summed E-state index contributed by atoms with van der Waals surface area (Å²) >= 11 is 3.12. The maximum Gasteiger partial charge on any atom is 0.254 e. The predicted molar refractivity (Wildman–Crippen MR) is 86.5 cm³/mol. The van der Waals surface area contributed by atoms with Gasteiger partial charge in [0, 0.05) is 37.9 Å². The highest BCUT2D eigenvalue weighted by molar-refractivity contribution is 9.10. The zero-order valence-electron chi connectivity index (χ0n) is 11.9. The van der Waals surface area contributed by atoms with Crippen LogP contribution in [0.1, 0.15) is 10.4 Å². The number of aromatic nitrogens is 1. The molecule has 1 saturated heterocycles. The van der Waals surface area contributed by atoms with Crippen molar-refractivity contribution in [1.82, 2.24) is 9.88 Å². The zero-order chi connectivity index (χ0) is 15.5. The SMILES string of the molecule is O=C(c1ccc(F)c(Br)c1)N1CCN(c2ccccn2)CC1. The average Bonchev–Trinajstić information content (AvgIpc) is 2.58. The van der Waals surface area contributed by atoms with Crippen LogP contribution in [-0.4, -0.2) is 42.0 Å². The molecule has 0 spiro atoms. The molecule has 1 amide bonds. The van der Waals surface area contributed by atoms with Crippen LogP contribution in [-0.2, 0) is 0 Å². The van der Waals surface area contributed by atoms with Crippen LogP contribution in [0.15, 0.2) is 47.1 Å². The van der Waals surface area contributed by atoms with Gasteiger partial charge in [0.25, 0.3) is 5.91 Å². The summed E-state index contributed by atoms with van der Waals surface area (Å²) in [5.74, 6) is 0.497. The summed E-state index contributed by atoms with van der Waals surface area (Å²) in [6.07, 6.45) is 1.77. The Labute approximate surface area is 136 Å². The second-order valence-electron chi connectivity index (χ2n) is 5.10. The molecular formula is C16H15BrFN3O. The second kappa shape index (κ2) is 6.44. The molecule has 2 aromatic rings. The highest BCUT2D eigenvalue weighted by atomic mass is 79.9. The number of hydrogen-bond donors (Lipinski definition) is 0. The summed E-state index contributed by atoms with van der Waals surface area (Å²) in [7, 11) is 0. The number of carbonyl (C=O) groups excluding carboxylic acids is 1. The number of rotatable bonds is 2. The number of anilines is 1. The normalized spacial score (nSPS) is 15.0. The van der Waals surface area contributed by atoms with Crippen LogP contribution in [0.4, 0.5) is 10.2 Å². The molecule has 114 valence electrons. The number of benzene rings is 1. The van der Waals surface area contributed by atoms with E-state index in [2.05, 4.69) is 25.8 Å². The van der Waals surface area contributed by atoms with Crippen LogP contribution >= 0.6 is 15.9 Å². The summed E-state index contributed by atoms with van der Waals surface area (Å²) in [6.45, 7) is 2.74. The second-order valence-corrected chi connectivity index (χ2v) is 5.95. The summed E-state index contributed by atoms with van der Waals surface area (Å²) in [5.41, 5.74) is 0.500. The Kier molecular flexibility index (Phi) is 4.38. The number of amides is 1. The van der Waals surface area contributed by atoms with Crippen molar-refractivity contribution >= 4 is 27.7 Å². The molecule has 1 aliphatic heterocycles. The largest absolute Gasteiger partial charge is 0.353 e. The predicted octanol–water partition coefficient (Wildman–Crippen LogP) is 2.95. The smallest absolute Gasteiger partial charge is 0.254 e. The molecule has 6 heteroatoms. The van der Waals surface area contributed by atoms with E-state index in [4.69, 9.17) is 0 Å². The van der Waals surface area contributed by atoms with Gasteiger partial charge in [0.1, 0.15) is 11.6 Å². The van der Waals surface area contributed by atoms with E-state index in [9.17, 15) is 9.18 Å². The Bertz CT molecular complexity index is 672. The number of hydrogen-bond acceptors (Lipinski definition) is 3. The van der Waals surface area contributed by atoms with Crippen molar-refractivity contribution in [3.05, 3.63) is 58.4 Å². The molecule has 0 radical (unpaired) electrons. The monoisotopic (exact) mass is 363 g/mol. The highest BCUT2D eigenvalue weighted by Gasteiger charge is 2.23. The average molecular weight is 364 g/mol. The number of carbonyl (C=O) groups is 1. The molecule has 1 fully saturated rings. The van der Waals surface area contributed by atoms with Crippen LogP contribution in [0.3, 0.4) is 0 Å². The first kappa shape index (κ1) is 15.0. The van der Waals surface area contributed by atoms with E-state index < -0.39 is 0 Å². The fraction of sp³-hybridized carbons (Fsp3) is 0.250. The Morgan fingerprint density at radius 1 is 1.14 bits per heavy atom. The lowest BCUT2D eigenvalue weighted by molar-refractivity contribution is 0.0746. The lowest BCUT2D eigenvalue weighted by Gasteiger charge is -2.35. The lowest BCUT2D eigenvalue weighted by Crippen LogP contribution is -2.49. The molecular weight excluding hydrogens is 349 g/mol. The summed E-state index contributed by atoms with van der Waals surface area (Å²) in [5, 5.41) is 0. The van der Waals surface area contributed by atoms with Gasteiger partial charge in [0.2, 0.25) is 0 Å². The summed E-state index contributed by atoms with van der Waals surface area (Å²) < 4.78 is 13.6. The maximum absolute atomic E-state index is 13.3. The molecule has 0 bridgehead atoms. The van der Waals surface area contributed by atoms with Crippen molar-refractivity contribution in [2.45, 2.75) is 0 Å². The third-order valence-corrected chi connectivity index (χ3v) is 4.31.